The molecular formula is C23H24O5S2. The van der Waals surface area contributed by atoms with Crippen molar-refractivity contribution in [2.45, 2.75) is 45.4 Å². The molecule has 7 heteroatoms. The number of Topliss-reactive ketones (excluding diaryl/α,β-unsaturated/α-hetero) is 3. The number of ketones is 3. The molecule has 0 radical (unpaired) electrons. The first-order chi connectivity index (χ1) is 14.3. The Morgan fingerprint density at radius 1 is 0.933 bits per heavy atom. The summed E-state index contributed by atoms with van der Waals surface area (Å²) in [5, 5.41) is 0. The Morgan fingerprint density at radius 3 is 2.30 bits per heavy atom. The molecule has 2 aliphatic heterocycles. The predicted molar refractivity (Wildman–Crippen MR) is 117 cm³/mol. The van der Waals surface area contributed by atoms with Crippen LogP contribution in [-0.2, 0) is 14.4 Å². The van der Waals surface area contributed by atoms with Gasteiger partial charge in [-0.25, -0.2) is 0 Å². The van der Waals surface area contributed by atoms with Crippen molar-refractivity contribution in [1.82, 2.24) is 0 Å². The van der Waals surface area contributed by atoms with E-state index in [4.69, 9.17) is 9.47 Å². The molecule has 2 saturated carbocycles. The Balaban J connectivity index is 1.63. The van der Waals surface area contributed by atoms with E-state index < -0.39 is 11.3 Å². The molecule has 3 fully saturated rings. The monoisotopic (exact) mass is 444 g/mol. The standard InChI is InChI=1S/C23H24O5S2/c1-22(2)10-19(25)23(20(26)11-22)9-14(21-29-5-6-30-21)16(24)8-15(23)13-3-4-17-18(7-13)28-12-27-17/h3-4,7,15H,5-6,8-12H2,1-2H3. The van der Waals surface area contributed by atoms with Crippen LogP contribution < -0.4 is 9.47 Å². The third-order valence-electron chi connectivity index (χ3n) is 6.64. The topological polar surface area (TPSA) is 69.7 Å². The van der Waals surface area contributed by atoms with Gasteiger partial charge in [-0.3, -0.25) is 14.4 Å². The van der Waals surface area contributed by atoms with Crippen LogP contribution in [0.3, 0.4) is 0 Å². The molecule has 1 saturated heterocycles. The Bertz CT molecular complexity index is 965. The molecule has 1 aromatic rings. The van der Waals surface area contributed by atoms with Crippen LogP contribution in [0.25, 0.3) is 0 Å². The van der Waals surface area contributed by atoms with E-state index in [1.807, 2.05) is 32.0 Å². The highest BCUT2D eigenvalue weighted by molar-refractivity contribution is 8.25. The van der Waals surface area contributed by atoms with Crippen molar-refractivity contribution in [3.8, 4) is 11.5 Å². The van der Waals surface area contributed by atoms with Crippen molar-refractivity contribution in [2.75, 3.05) is 18.3 Å². The summed E-state index contributed by atoms with van der Waals surface area (Å²) in [6.07, 6.45) is 1.12. The number of hydrogen-bond acceptors (Lipinski definition) is 7. The van der Waals surface area contributed by atoms with Crippen LogP contribution >= 0.6 is 23.5 Å². The highest BCUT2D eigenvalue weighted by Crippen LogP contribution is 2.57. The lowest BCUT2D eigenvalue weighted by Gasteiger charge is -2.48. The average molecular weight is 445 g/mol. The summed E-state index contributed by atoms with van der Waals surface area (Å²) >= 11 is 3.36. The number of ether oxygens (including phenoxy) is 2. The minimum atomic E-state index is -1.16. The fraction of sp³-hybridized carbons (Fsp3) is 0.522. The second-order valence-electron chi connectivity index (χ2n) is 9.27. The van der Waals surface area contributed by atoms with Crippen molar-refractivity contribution in [2.24, 2.45) is 10.8 Å². The van der Waals surface area contributed by atoms with Crippen LogP contribution in [0, 0.1) is 10.8 Å². The van der Waals surface area contributed by atoms with Gasteiger partial charge in [-0.05, 0) is 29.5 Å². The molecule has 158 valence electrons. The fourth-order valence-corrected chi connectivity index (χ4v) is 7.77. The van der Waals surface area contributed by atoms with Crippen molar-refractivity contribution in [1.29, 1.82) is 0 Å². The highest BCUT2D eigenvalue weighted by Gasteiger charge is 2.59. The first-order valence-corrected chi connectivity index (χ1v) is 12.3. The molecule has 5 nitrogen and oxygen atoms in total. The number of carbonyl (C=O) groups is 3. The zero-order chi connectivity index (χ0) is 21.1. The number of benzene rings is 1. The number of rotatable bonds is 1. The first kappa shape index (κ1) is 20.2. The smallest absolute Gasteiger partial charge is 0.231 e. The van der Waals surface area contributed by atoms with E-state index in [2.05, 4.69) is 0 Å². The van der Waals surface area contributed by atoms with E-state index in [-0.39, 0.29) is 42.4 Å². The number of carbonyl (C=O) groups excluding carboxylic acids is 3. The van der Waals surface area contributed by atoms with Gasteiger partial charge in [0.25, 0.3) is 0 Å². The van der Waals surface area contributed by atoms with Crippen molar-refractivity contribution in [3.05, 3.63) is 33.6 Å². The van der Waals surface area contributed by atoms with E-state index >= 15 is 0 Å². The van der Waals surface area contributed by atoms with Crippen LogP contribution in [0.2, 0.25) is 0 Å². The summed E-state index contributed by atoms with van der Waals surface area (Å²) in [4.78, 5) is 40.5. The van der Waals surface area contributed by atoms with Crippen LogP contribution in [0.4, 0.5) is 0 Å². The summed E-state index contributed by atoms with van der Waals surface area (Å²) in [7, 11) is 0. The van der Waals surface area contributed by atoms with Gasteiger partial charge in [-0.15, -0.1) is 23.5 Å². The molecule has 0 amide bonds. The molecule has 2 aliphatic carbocycles. The summed E-state index contributed by atoms with van der Waals surface area (Å²) < 4.78 is 12.0. The van der Waals surface area contributed by atoms with Gasteiger partial charge in [0.1, 0.15) is 11.6 Å². The van der Waals surface area contributed by atoms with E-state index in [1.165, 1.54) is 0 Å². The van der Waals surface area contributed by atoms with Gasteiger partial charge in [0.2, 0.25) is 6.79 Å². The van der Waals surface area contributed by atoms with Gasteiger partial charge in [0.15, 0.2) is 17.3 Å². The van der Waals surface area contributed by atoms with E-state index in [1.54, 1.807) is 23.5 Å². The molecule has 1 atom stereocenters. The zero-order valence-corrected chi connectivity index (χ0v) is 18.7. The third-order valence-corrected chi connectivity index (χ3v) is 9.44. The highest BCUT2D eigenvalue weighted by atomic mass is 32.2. The van der Waals surface area contributed by atoms with Gasteiger partial charge < -0.3 is 9.47 Å². The molecule has 2 heterocycles. The molecule has 0 bridgehead atoms. The third kappa shape index (κ3) is 3.12. The minimum absolute atomic E-state index is 0.0231. The summed E-state index contributed by atoms with van der Waals surface area (Å²) in [5.74, 6) is 2.74. The Labute approximate surface area is 184 Å². The Morgan fingerprint density at radius 2 is 1.60 bits per heavy atom. The van der Waals surface area contributed by atoms with Crippen molar-refractivity contribution >= 4 is 40.9 Å². The number of fused-ring (bicyclic) bond motifs is 1. The molecule has 1 unspecified atom stereocenters. The van der Waals surface area contributed by atoms with E-state index in [9.17, 15) is 14.4 Å². The molecule has 4 aliphatic rings. The van der Waals surface area contributed by atoms with Crippen molar-refractivity contribution < 1.29 is 23.9 Å². The van der Waals surface area contributed by atoms with Gasteiger partial charge in [0, 0.05) is 46.5 Å². The Kier molecular flexibility index (Phi) is 4.82. The maximum Gasteiger partial charge on any atom is 0.231 e. The van der Waals surface area contributed by atoms with Gasteiger partial charge in [-0.1, -0.05) is 19.9 Å². The molecular weight excluding hydrogens is 420 g/mol. The lowest BCUT2D eigenvalue weighted by molar-refractivity contribution is -0.151. The molecule has 0 N–H and O–H groups in total. The maximum absolute atomic E-state index is 13.7. The second-order valence-corrected chi connectivity index (χ2v) is 11.7. The SMILES string of the molecule is CC1(C)CC(=O)C2(CC(=C3SCCS3)C(=O)CC2c2ccc3c(c2)OCO3)C(=O)C1. The Hall–Kier alpha value is -1.73. The summed E-state index contributed by atoms with van der Waals surface area (Å²) in [6.45, 7) is 4.10. The fourth-order valence-electron chi connectivity index (χ4n) is 5.17. The van der Waals surface area contributed by atoms with Crippen LogP contribution in [0.5, 0.6) is 11.5 Å². The minimum Gasteiger partial charge on any atom is -0.454 e. The number of allylic oxidation sites excluding steroid dienone is 1. The molecule has 5 rings (SSSR count). The molecule has 1 aromatic carbocycles. The molecule has 1 spiro atoms. The van der Waals surface area contributed by atoms with Crippen LogP contribution in [0.1, 0.15) is 51.0 Å². The summed E-state index contributed by atoms with van der Waals surface area (Å²) in [6, 6.07) is 5.54. The van der Waals surface area contributed by atoms with Gasteiger partial charge in [0.05, 0.1) is 5.41 Å². The lowest BCUT2D eigenvalue weighted by atomic mass is 9.52. The zero-order valence-electron chi connectivity index (χ0n) is 17.1. The number of thioether (sulfide) groups is 2. The van der Waals surface area contributed by atoms with Crippen LogP contribution in [0.15, 0.2) is 28.0 Å². The van der Waals surface area contributed by atoms with E-state index in [0.29, 0.717) is 29.9 Å². The predicted octanol–water partition coefficient (Wildman–Crippen LogP) is 4.50. The van der Waals surface area contributed by atoms with Crippen LogP contribution in [-0.4, -0.2) is 35.6 Å². The normalized spacial score (nSPS) is 27.3. The lowest BCUT2D eigenvalue weighted by Crippen LogP contribution is -2.54. The van der Waals surface area contributed by atoms with E-state index in [0.717, 1.165) is 21.3 Å². The average Bonchev–Trinajstić information content (AvgIpc) is 3.37. The maximum atomic E-state index is 13.7. The first-order valence-electron chi connectivity index (χ1n) is 10.3. The number of hydrogen-bond donors (Lipinski definition) is 0. The van der Waals surface area contributed by atoms with Gasteiger partial charge >= 0.3 is 0 Å². The van der Waals surface area contributed by atoms with Crippen molar-refractivity contribution in [3.63, 3.8) is 0 Å². The second kappa shape index (κ2) is 7.16. The largest absolute Gasteiger partial charge is 0.454 e. The molecule has 30 heavy (non-hydrogen) atoms. The summed E-state index contributed by atoms with van der Waals surface area (Å²) in [5.41, 5.74) is -0.00104. The molecule has 0 aromatic heterocycles. The quantitative estimate of drug-likeness (QED) is 0.467. The van der Waals surface area contributed by atoms with Gasteiger partial charge in [-0.2, -0.15) is 0 Å².